The van der Waals surface area contributed by atoms with Crippen molar-refractivity contribution in [3.05, 3.63) is 18.0 Å². The first-order chi connectivity index (χ1) is 12.1. The summed E-state index contributed by atoms with van der Waals surface area (Å²) in [4.78, 5) is 20.8. The lowest BCUT2D eigenvalue weighted by Gasteiger charge is -2.36. The highest BCUT2D eigenvalue weighted by Gasteiger charge is 2.25. The second-order valence-corrected chi connectivity index (χ2v) is 6.86. The molecule has 0 spiro atoms. The van der Waals surface area contributed by atoms with Crippen molar-refractivity contribution in [1.82, 2.24) is 30.2 Å². The van der Waals surface area contributed by atoms with Crippen molar-refractivity contribution in [3.63, 3.8) is 0 Å². The van der Waals surface area contributed by atoms with Crippen molar-refractivity contribution >= 4 is 35.8 Å². The van der Waals surface area contributed by atoms with Crippen LogP contribution in [-0.2, 0) is 11.3 Å². The Balaban J connectivity index is 0.00000243. The summed E-state index contributed by atoms with van der Waals surface area (Å²) >= 11 is 0. The molecule has 1 amide bonds. The van der Waals surface area contributed by atoms with Gasteiger partial charge in [-0.25, -0.2) is 0 Å². The van der Waals surface area contributed by atoms with Gasteiger partial charge in [0.2, 0.25) is 5.91 Å². The lowest BCUT2D eigenvalue weighted by Crippen LogP contribution is -2.54. The smallest absolute Gasteiger partial charge is 0.234 e. The number of guanidine groups is 1. The summed E-state index contributed by atoms with van der Waals surface area (Å²) in [7, 11) is 1.82. The van der Waals surface area contributed by atoms with Crippen LogP contribution < -0.4 is 10.6 Å². The summed E-state index contributed by atoms with van der Waals surface area (Å²) in [6.45, 7) is 7.70. The molecule has 0 aromatic carbocycles. The Morgan fingerprint density at radius 3 is 2.62 bits per heavy atom. The summed E-state index contributed by atoms with van der Waals surface area (Å²) in [6.07, 6.45) is 6.18. The minimum Gasteiger partial charge on any atom is -0.354 e. The molecule has 1 saturated heterocycles. The van der Waals surface area contributed by atoms with Gasteiger partial charge in [0.15, 0.2) is 5.96 Å². The zero-order chi connectivity index (χ0) is 17.6. The second-order valence-electron chi connectivity index (χ2n) is 6.86. The molecule has 1 aromatic rings. The van der Waals surface area contributed by atoms with E-state index in [1.54, 1.807) is 0 Å². The molecule has 2 fully saturated rings. The van der Waals surface area contributed by atoms with E-state index in [4.69, 9.17) is 0 Å². The Hall–Kier alpha value is -1.36. The molecule has 0 unspecified atom stereocenters. The van der Waals surface area contributed by atoms with Crippen LogP contribution in [0.4, 0.5) is 0 Å². The molecule has 26 heavy (non-hydrogen) atoms. The van der Waals surface area contributed by atoms with Crippen LogP contribution in [0.2, 0.25) is 0 Å². The molecule has 3 rings (SSSR count). The van der Waals surface area contributed by atoms with E-state index < -0.39 is 0 Å². The number of hydrogen-bond acceptors (Lipinski definition) is 4. The lowest BCUT2D eigenvalue weighted by atomic mass is 10.3. The Morgan fingerprint density at radius 2 is 2.04 bits per heavy atom. The molecule has 2 heterocycles. The van der Waals surface area contributed by atoms with Crippen LogP contribution in [0, 0.1) is 6.92 Å². The van der Waals surface area contributed by atoms with E-state index in [9.17, 15) is 4.79 Å². The minimum atomic E-state index is 0. The van der Waals surface area contributed by atoms with Crippen LogP contribution in [0.1, 0.15) is 18.4 Å². The lowest BCUT2D eigenvalue weighted by molar-refractivity contribution is -0.122. The van der Waals surface area contributed by atoms with Gasteiger partial charge in [-0.3, -0.25) is 19.4 Å². The van der Waals surface area contributed by atoms with Crippen LogP contribution in [0.15, 0.2) is 17.4 Å². The molecule has 2 aliphatic rings. The maximum Gasteiger partial charge on any atom is 0.234 e. The summed E-state index contributed by atoms with van der Waals surface area (Å²) in [5.41, 5.74) is 1.17. The van der Waals surface area contributed by atoms with Crippen LogP contribution in [0.25, 0.3) is 0 Å². The summed E-state index contributed by atoms with van der Waals surface area (Å²) in [5.74, 6) is 1.08. The first-order valence-electron chi connectivity index (χ1n) is 9.10. The number of nitrogens with one attached hydrogen (secondary N) is 2. The Kier molecular flexibility index (Phi) is 8.14. The van der Waals surface area contributed by atoms with Crippen molar-refractivity contribution in [2.45, 2.75) is 32.4 Å². The van der Waals surface area contributed by atoms with Gasteiger partial charge in [0.25, 0.3) is 0 Å². The summed E-state index contributed by atoms with van der Waals surface area (Å²) < 4.78 is 1.94. The van der Waals surface area contributed by atoms with Crippen molar-refractivity contribution in [2.75, 3.05) is 46.3 Å². The first-order valence-corrected chi connectivity index (χ1v) is 9.10. The van der Waals surface area contributed by atoms with Gasteiger partial charge in [0, 0.05) is 52.0 Å². The molecule has 9 heteroatoms. The Morgan fingerprint density at radius 1 is 1.31 bits per heavy atom. The Bertz CT molecular complexity index is 606. The Labute approximate surface area is 172 Å². The van der Waals surface area contributed by atoms with Gasteiger partial charge in [0.05, 0.1) is 19.3 Å². The number of amides is 1. The van der Waals surface area contributed by atoms with E-state index in [0.717, 1.165) is 58.1 Å². The largest absolute Gasteiger partial charge is 0.354 e. The van der Waals surface area contributed by atoms with E-state index in [1.807, 2.05) is 31.0 Å². The summed E-state index contributed by atoms with van der Waals surface area (Å²) in [6, 6.07) is 0.440. The zero-order valence-electron chi connectivity index (χ0n) is 15.6. The van der Waals surface area contributed by atoms with Gasteiger partial charge in [0.1, 0.15) is 0 Å². The van der Waals surface area contributed by atoms with Crippen molar-refractivity contribution < 1.29 is 4.79 Å². The summed E-state index contributed by atoms with van der Waals surface area (Å²) in [5, 5.41) is 10.7. The molecule has 1 aliphatic heterocycles. The third-order valence-electron chi connectivity index (χ3n) is 4.58. The maximum atomic E-state index is 11.9. The van der Waals surface area contributed by atoms with Gasteiger partial charge >= 0.3 is 0 Å². The molecule has 1 aromatic heterocycles. The third kappa shape index (κ3) is 6.42. The molecule has 1 aliphatic carbocycles. The van der Waals surface area contributed by atoms with E-state index >= 15 is 0 Å². The van der Waals surface area contributed by atoms with Gasteiger partial charge in [-0.05, 0) is 25.3 Å². The molecule has 8 nitrogen and oxygen atoms in total. The highest BCUT2D eigenvalue weighted by Crippen LogP contribution is 2.18. The third-order valence-corrected chi connectivity index (χ3v) is 4.58. The van der Waals surface area contributed by atoms with Crippen molar-refractivity contribution in [1.29, 1.82) is 0 Å². The van der Waals surface area contributed by atoms with E-state index in [1.165, 1.54) is 5.56 Å². The fraction of sp³-hybridized carbons (Fsp3) is 0.706. The number of nitrogens with zero attached hydrogens (tertiary/aromatic N) is 5. The molecule has 0 atom stereocenters. The molecule has 1 saturated carbocycles. The number of piperazine rings is 1. The SMILES string of the molecule is CN=C(NCCn1cc(C)cn1)N1CCN(CC(=O)NC2CC2)CC1.I. The zero-order valence-corrected chi connectivity index (χ0v) is 18.0. The number of halogens is 1. The molecule has 2 N–H and O–H groups in total. The number of carbonyl (C=O) groups is 1. The second kappa shape index (κ2) is 10.1. The van der Waals surface area contributed by atoms with Crippen LogP contribution >= 0.6 is 24.0 Å². The number of carbonyl (C=O) groups excluding carboxylic acids is 1. The molecular weight excluding hydrogens is 445 g/mol. The predicted octanol–water partition coefficient (Wildman–Crippen LogP) is 0.281. The fourth-order valence-electron chi connectivity index (χ4n) is 3.03. The van der Waals surface area contributed by atoms with Gasteiger partial charge in [-0.1, -0.05) is 0 Å². The fourth-order valence-corrected chi connectivity index (χ4v) is 3.03. The normalized spacial score (nSPS) is 18.4. The molecule has 146 valence electrons. The van der Waals surface area contributed by atoms with Crippen LogP contribution in [0.3, 0.4) is 0 Å². The predicted molar refractivity (Wildman–Crippen MR) is 113 cm³/mol. The van der Waals surface area contributed by atoms with Gasteiger partial charge < -0.3 is 15.5 Å². The minimum absolute atomic E-state index is 0. The van der Waals surface area contributed by atoms with E-state index in [0.29, 0.717) is 12.6 Å². The molecule has 0 radical (unpaired) electrons. The number of aromatic nitrogens is 2. The van der Waals surface area contributed by atoms with Gasteiger partial charge in [-0.15, -0.1) is 24.0 Å². The van der Waals surface area contributed by atoms with E-state index in [-0.39, 0.29) is 29.9 Å². The standard InChI is InChI=1S/C17H29N7O.HI/c1-14-11-20-24(12-14)6-5-19-17(18-2)23-9-7-22(8-10-23)13-16(25)21-15-3-4-15;/h11-12,15H,3-10,13H2,1-2H3,(H,18,19)(H,21,25);1H. The monoisotopic (exact) mass is 475 g/mol. The quantitative estimate of drug-likeness (QED) is 0.351. The topological polar surface area (TPSA) is 77.8 Å². The number of hydrogen-bond donors (Lipinski definition) is 2. The maximum absolute atomic E-state index is 11.9. The average molecular weight is 475 g/mol. The molecule has 0 bridgehead atoms. The highest BCUT2D eigenvalue weighted by atomic mass is 127. The van der Waals surface area contributed by atoms with Crippen LogP contribution in [-0.4, -0.2) is 83.8 Å². The van der Waals surface area contributed by atoms with Crippen molar-refractivity contribution in [3.8, 4) is 0 Å². The number of aryl methyl sites for hydroxylation is 1. The number of rotatable bonds is 6. The van der Waals surface area contributed by atoms with Crippen molar-refractivity contribution in [2.24, 2.45) is 4.99 Å². The number of aliphatic imine (C=N–C) groups is 1. The van der Waals surface area contributed by atoms with Crippen LogP contribution in [0.5, 0.6) is 0 Å². The first kappa shape index (κ1) is 20.9. The van der Waals surface area contributed by atoms with Gasteiger partial charge in [-0.2, -0.15) is 5.10 Å². The molecular formula is C17H30IN7O. The van der Waals surface area contributed by atoms with E-state index in [2.05, 4.69) is 30.5 Å². The highest BCUT2D eigenvalue weighted by molar-refractivity contribution is 14.0. The average Bonchev–Trinajstić information content (AvgIpc) is 3.31.